The lowest BCUT2D eigenvalue weighted by molar-refractivity contribution is -0.132. The van der Waals surface area contributed by atoms with Gasteiger partial charge in [0.15, 0.2) is 0 Å². The number of carbonyl (C=O) groups excluding carboxylic acids is 2. The van der Waals surface area contributed by atoms with Crippen molar-refractivity contribution < 1.29 is 19.4 Å². The van der Waals surface area contributed by atoms with Gasteiger partial charge in [0.25, 0.3) is 11.7 Å². The molecular formula is C27H25NO4. The number of ketones is 1. The van der Waals surface area contributed by atoms with Gasteiger partial charge in [0.1, 0.15) is 11.5 Å². The highest BCUT2D eigenvalue weighted by molar-refractivity contribution is 6.51. The van der Waals surface area contributed by atoms with Crippen LogP contribution < -0.4 is 9.64 Å². The van der Waals surface area contributed by atoms with E-state index in [1.807, 2.05) is 50.2 Å². The van der Waals surface area contributed by atoms with Gasteiger partial charge >= 0.3 is 0 Å². The van der Waals surface area contributed by atoms with Gasteiger partial charge in [0.2, 0.25) is 0 Å². The van der Waals surface area contributed by atoms with E-state index >= 15 is 0 Å². The maximum absolute atomic E-state index is 13.3. The Balaban J connectivity index is 1.96. The van der Waals surface area contributed by atoms with E-state index in [9.17, 15) is 14.7 Å². The van der Waals surface area contributed by atoms with Crippen molar-refractivity contribution in [1.29, 1.82) is 0 Å². The molecular weight excluding hydrogens is 402 g/mol. The third-order valence-corrected chi connectivity index (χ3v) is 5.78. The molecule has 1 fully saturated rings. The lowest BCUT2D eigenvalue weighted by Gasteiger charge is -2.27. The Kier molecular flexibility index (Phi) is 5.82. The van der Waals surface area contributed by atoms with E-state index in [0.29, 0.717) is 17.0 Å². The minimum atomic E-state index is -0.781. The highest BCUT2D eigenvalue weighted by Gasteiger charge is 2.47. The van der Waals surface area contributed by atoms with Crippen LogP contribution in [0.3, 0.4) is 0 Å². The zero-order valence-electron chi connectivity index (χ0n) is 18.3. The van der Waals surface area contributed by atoms with Crippen molar-refractivity contribution in [3.8, 4) is 5.75 Å². The van der Waals surface area contributed by atoms with Gasteiger partial charge in [-0.2, -0.15) is 0 Å². The number of hydrogen-bond acceptors (Lipinski definition) is 4. The van der Waals surface area contributed by atoms with E-state index in [1.54, 1.807) is 36.4 Å². The summed E-state index contributed by atoms with van der Waals surface area (Å²) in [7, 11) is 1.52. The van der Waals surface area contributed by atoms with E-state index in [2.05, 4.69) is 0 Å². The van der Waals surface area contributed by atoms with Gasteiger partial charge in [-0.25, -0.2) is 0 Å². The molecule has 1 heterocycles. The average Bonchev–Trinajstić information content (AvgIpc) is 3.09. The third-order valence-electron chi connectivity index (χ3n) is 5.78. The first-order valence-corrected chi connectivity index (χ1v) is 10.6. The molecule has 1 amide bonds. The SMILES string of the molecule is CCc1ccc(/C(O)=C2/C(=O)C(=O)N(c3ccccc3OC)C2c2cccc(C)c2)cc1. The lowest BCUT2D eigenvalue weighted by atomic mass is 9.94. The topological polar surface area (TPSA) is 66.8 Å². The molecule has 3 aromatic rings. The maximum atomic E-state index is 13.3. The molecule has 1 aliphatic rings. The van der Waals surface area contributed by atoms with Crippen molar-refractivity contribution in [1.82, 2.24) is 0 Å². The normalized spacial score (nSPS) is 17.6. The molecule has 0 saturated carbocycles. The maximum Gasteiger partial charge on any atom is 0.300 e. The van der Waals surface area contributed by atoms with Crippen LogP contribution in [0.5, 0.6) is 5.75 Å². The first-order chi connectivity index (χ1) is 15.5. The van der Waals surface area contributed by atoms with Gasteiger partial charge < -0.3 is 9.84 Å². The number of amides is 1. The summed E-state index contributed by atoms with van der Waals surface area (Å²) in [5, 5.41) is 11.2. The minimum absolute atomic E-state index is 0.0655. The van der Waals surface area contributed by atoms with Crippen LogP contribution in [0.25, 0.3) is 5.76 Å². The monoisotopic (exact) mass is 427 g/mol. The first-order valence-electron chi connectivity index (χ1n) is 10.6. The van der Waals surface area contributed by atoms with Crippen LogP contribution in [0.2, 0.25) is 0 Å². The molecule has 4 rings (SSSR count). The van der Waals surface area contributed by atoms with Gasteiger partial charge in [-0.3, -0.25) is 14.5 Å². The van der Waals surface area contributed by atoms with Crippen molar-refractivity contribution in [2.24, 2.45) is 0 Å². The summed E-state index contributed by atoms with van der Waals surface area (Å²) in [5.74, 6) is -1.14. The van der Waals surface area contributed by atoms with Gasteiger partial charge in [-0.05, 0) is 36.6 Å². The fourth-order valence-corrected chi connectivity index (χ4v) is 4.12. The van der Waals surface area contributed by atoms with Crippen LogP contribution in [0.15, 0.2) is 78.4 Å². The minimum Gasteiger partial charge on any atom is -0.507 e. The highest BCUT2D eigenvalue weighted by atomic mass is 16.5. The molecule has 3 aromatic carbocycles. The van der Waals surface area contributed by atoms with E-state index in [0.717, 1.165) is 23.1 Å². The molecule has 1 aliphatic heterocycles. The molecule has 0 aliphatic carbocycles. The number of hydrogen-bond donors (Lipinski definition) is 1. The second-order valence-electron chi connectivity index (χ2n) is 7.81. The predicted molar refractivity (Wildman–Crippen MR) is 125 cm³/mol. The summed E-state index contributed by atoms with van der Waals surface area (Å²) in [4.78, 5) is 27.9. The van der Waals surface area contributed by atoms with Crippen LogP contribution in [0.1, 0.15) is 35.2 Å². The molecule has 0 aromatic heterocycles. The zero-order chi connectivity index (χ0) is 22.8. The number of para-hydroxylation sites is 2. The fraction of sp³-hybridized carbons (Fsp3) is 0.185. The molecule has 1 atom stereocenters. The molecule has 1 unspecified atom stereocenters. The van der Waals surface area contributed by atoms with Gasteiger partial charge in [0, 0.05) is 5.56 Å². The summed E-state index contributed by atoms with van der Waals surface area (Å²) in [6.07, 6.45) is 0.864. The Morgan fingerprint density at radius 2 is 1.72 bits per heavy atom. The van der Waals surface area contributed by atoms with Crippen LogP contribution in [-0.4, -0.2) is 23.9 Å². The van der Waals surface area contributed by atoms with E-state index in [4.69, 9.17) is 4.74 Å². The van der Waals surface area contributed by atoms with Crippen LogP contribution in [0.4, 0.5) is 5.69 Å². The van der Waals surface area contributed by atoms with Gasteiger partial charge in [0.05, 0.1) is 24.4 Å². The molecule has 5 nitrogen and oxygen atoms in total. The van der Waals surface area contributed by atoms with Crippen molar-refractivity contribution in [2.45, 2.75) is 26.3 Å². The van der Waals surface area contributed by atoms with Crippen LogP contribution >= 0.6 is 0 Å². The number of aryl methyl sites for hydroxylation is 2. The Bertz CT molecular complexity index is 1210. The highest BCUT2D eigenvalue weighted by Crippen LogP contribution is 2.44. The molecule has 0 spiro atoms. The molecule has 32 heavy (non-hydrogen) atoms. The standard InChI is InChI=1S/C27H25NO4/c1-4-18-12-14-19(15-13-18)25(29)23-24(20-9-7-8-17(2)16-20)28(27(31)26(23)30)21-10-5-6-11-22(21)32-3/h5-16,24,29H,4H2,1-3H3/b25-23-. The molecule has 1 N–H and O–H groups in total. The Morgan fingerprint density at radius 1 is 1.00 bits per heavy atom. The van der Waals surface area contributed by atoms with Crippen molar-refractivity contribution in [2.75, 3.05) is 12.0 Å². The van der Waals surface area contributed by atoms with E-state index in [-0.39, 0.29) is 11.3 Å². The number of methoxy groups -OCH3 is 1. The fourth-order valence-electron chi connectivity index (χ4n) is 4.12. The summed E-state index contributed by atoms with van der Waals surface area (Å²) in [6, 6.07) is 21.3. The van der Waals surface area contributed by atoms with Crippen LogP contribution in [0, 0.1) is 6.92 Å². The molecule has 0 bridgehead atoms. The summed E-state index contributed by atoms with van der Waals surface area (Å²) in [6.45, 7) is 3.99. The molecule has 5 heteroatoms. The molecule has 1 saturated heterocycles. The smallest absolute Gasteiger partial charge is 0.300 e. The Morgan fingerprint density at radius 3 is 2.38 bits per heavy atom. The largest absolute Gasteiger partial charge is 0.507 e. The third kappa shape index (κ3) is 3.66. The van der Waals surface area contributed by atoms with E-state index < -0.39 is 17.7 Å². The number of ether oxygens (including phenoxy) is 1. The van der Waals surface area contributed by atoms with Crippen molar-refractivity contribution in [3.63, 3.8) is 0 Å². The average molecular weight is 428 g/mol. The summed E-state index contributed by atoms with van der Waals surface area (Å²) >= 11 is 0. The molecule has 162 valence electrons. The molecule has 0 radical (unpaired) electrons. The summed E-state index contributed by atoms with van der Waals surface area (Å²) < 4.78 is 5.47. The number of benzene rings is 3. The predicted octanol–water partition coefficient (Wildman–Crippen LogP) is 5.19. The van der Waals surface area contributed by atoms with Crippen LogP contribution in [-0.2, 0) is 16.0 Å². The number of anilines is 1. The number of Topliss-reactive ketones (excluding diaryl/α,β-unsaturated/α-hetero) is 1. The van der Waals surface area contributed by atoms with Gasteiger partial charge in [-0.1, -0.05) is 73.2 Å². The second kappa shape index (κ2) is 8.71. The lowest BCUT2D eigenvalue weighted by Crippen LogP contribution is -2.29. The quantitative estimate of drug-likeness (QED) is 0.346. The summed E-state index contributed by atoms with van der Waals surface area (Å²) in [5.41, 5.74) is 3.88. The number of rotatable bonds is 5. The Labute approximate surface area is 187 Å². The number of aliphatic hydroxyl groups is 1. The van der Waals surface area contributed by atoms with Crippen molar-refractivity contribution >= 4 is 23.1 Å². The number of aliphatic hydroxyl groups excluding tert-OH is 1. The number of carbonyl (C=O) groups is 2. The van der Waals surface area contributed by atoms with E-state index in [1.165, 1.54) is 12.0 Å². The number of nitrogens with zero attached hydrogens (tertiary/aromatic N) is 1. The zero-order valence-corrected chi connectivity index (χ0v) is 18.3. The van der Waals surface area contributed by atoms with Crippen molar-refractivity contribution in [3.05, 3.63) is 101 Å². The Hall–Kier alpha value is -3.86. The second-order valence-corrected chi connectivity index (χ2v) is 7.81. The van der Waals surface area contributed by atoms with Gasteiger partial charge in [-0.15, -0.1) is 0 Å². The first kappa shape index (κ1) is 21.4.